The van der Waals surface area contributed by atoms with Crippen molar-refractivity contribution in [1.29, 1.82) is 0 Å². The Bertz CT molecular complexity index is 89.0. The van der Waals surface area contributed by atoms with Crippen LogP contribution in [0.2, 0.25) is 13.1 Å². The number of hydrogen-bond acceptors (Lipinski definition) is 0. The molecule has 0 nitrogen and oxygen atoms in total. The van der Waals surface area contributed by atoms with E-state index in [0.717, 1.165) is 11.8 Å². The summed E-state index contributed by atoms with van der Waals surface area (Å²) in [5.74, 6) is 1.90. The molecule has 0 radical (unpaired) electrons. The summed E-state index contributed by atoms with van der Waals surface area (Å²) < 4.78 is 0. The van der Waals surface area contributed by atoms with Crippen LogP contribution in [0.25, 0.3) is 0 Å². The van der Waals surface area contributed by atoms with Gasteiger partial charge in [0.25, 0.3) is 0 Å². The van der Waals surface area contributed by atoms with Gasteiger partial charge in [0, 0.05) is 0 Å². The van der Waals surface area contributed by atoms with E-state index in [4.69, 9.17) is 0 Å². The Balaban J connectivity index is 3.31. The average molecular weight is 168 g/mol. The summed E-state index contributed by atoms with van der Waals surface area (Å²) in [5.41, 5.74) is 0. The van der Waals surface area contributed by atoms with E-state index in [1.165, 1.54) is 39.3 Å². The van der Waals surface area contributed by atoms with Gasteiger partial charge in [-0.25, -0.2) is 0 Å². The van der Waals surface area contributed by atoms with E-state index >= 15 is 0 Å². The Hall–Kier alpha value is 0.0649. The minimum absolute atomic E-state index is 0.893. The molecule has 1 unspecified atom stereocenters. The van der Waals surface area contributed by atoms with Gasteiger partial charge in [0.05, 0.1) is 0 Å². The maximum absolute atomic E-state index is 2.33. The van der Waals surface area contributed by atoms with Crippen LogP contribution in [0.3, 0.4) is 0 Å². The van der Waals surface area contributed by atoms with E-state index in [0.29, 0.717) is 0 Å². The summed E-state index contributed by atoms with van der Waals surface area (Å²) in [6.07, 6.45) is 7.14. The van der Waals surface area contributed by atoms with Crippen molar-refractivity contribution >= 4 is 7.28 Å². The fourth-order valence-electron chi connectivity index (χ4n) is 1.78. The number of rotatable bonds is 7. The Morgan fingerprint density at radius 2 is 1.83 bits per heavy atom. The molecule has 12 heavy (non-hydrogen) atoms. The van der Waals surface area contributed by atoms with Crippen molar-refractivity contribution in [2.45, 2.75) is 59.6 Å². The molecule has 72 valence electrons. The lowest BCUT2D eigenvalue weighted by atomic mass is 9.70. The molecule has 0 aromatic rings. The molecule has 0 heterocycles. The zero-order chi connectivity index (χ0) is 9.40. The van der Waals surface area contributed by atoms with Gasteiger partial charge < -0.3 is 0 Å². The third-order valence-corrected chi connectivity index (χ3v) is 2.67. The summed E-state index contributed by atoms with van der Waals surface area (Å²) in [4.78, 5) is 0. The molecule has 0 saturated heterocycles. The predicted octanol–water partition coefficient (Wildman–Crippen LogP) is 3.74. The summed E-state index contributed by atoms with van der Waals surface area (Å²) in [7, 11) is 1.36. The van der Waals surface area contributed by atoms with E-state index in [1.807, 2.05) is 0 Å². The van der Waals surface area contributed by atoms with Crippen molar-refractivity contribution in [2.75, 3.05) is 0 Å². The molecule has 0 aromatic carbocycles. The Morgan fingerprint density at radius 1 is 1.17 bits per heavy atom. The molecular weight excluding hydrogens is 143 g/mol. The average Bonchev–Trinajstić information content (AvgIpc) is 2.02. The Labute approximate surface area is 79.4 Å². The first-order chi connectivity index (χ1) is 5.70. The van der Waals surface area contributed by atoms with Crippen LogP contribution in [0.4, 0.5) is 0 Å². The predicted molar refractivity (Wildman–Crippen MR) is 60.3 cm³/mol. The van der Waals surface area contributed by atoms with E-state index in [-0.39, 0.29) is 0 Å². The van der Waals surface area contributed by atoms with Gasteiger partial charge in [-0.3, -0.25) is 0 Å². The van der Waals surface area contributed by atoms with Crippen molar-refractivity contribution < 1.29 is 0 Å². The molecule has 0 spiro atoms. The summed E-state index contributed by atoms with van der Waals surface area (Å²) in [5, 5.41) is 0. The smallest absolute Gasteiger partial charge is 0.0893 e. The normalized spacial score (nSPS) is 13.4. The van der Waals surface area contributed by atoms with Gasteiger partial charge in [0.15, 0.2) is 0 Å². The van der Waals surface area contributed by atoms with Crippen LogP contribution in [0.1, 0.15) is 46.5 Å². The van der Waals surface area contributed by atoms with Gasteiger partial charge >= 0.3 is 0 Å². The largest absolute Gasteiger partial charge is 0.117 e. The molecule has 1 atom stereocenters. The first-order valence-electron chi connectivity index (χ1n) is 5.70. The molecular formula is C11H25B. The zero-order valence-corrected chi connectivity index (χ0v) is 9.40. The highest BCUT2D eigenvalue weighted by Gasteiger charge is 2.05. The molecule has 0 fully saturated rings. The minimum atomic E-state index is 0.893. The lowest BCUT2D eigenvalue weighted by Gasteiger charge is -2.13. The third kappa shape index (κ3) is 6.76. The van der Waals surface area contributed by atoms with Gasteiger partial charge in [-0.1, -0.05) is 59.6 Å². The Kier molecular flexibility index (Phi) is 7.74. The maximum Gasteiger partial charge on any atom is 0.117 e. The Morgan fingerprint density at radius 3 is 2.25 bits per heavy atom. The second-order valence-corrected chi connectivity index (χ2v) is 4.39. The highest BCUT2D eigenvalue weighted by atomic mass is 14.1. The second-order valence-electron chi connectivity index (χ2n) is 4.39. The van der Waals surface area contributed by atoms with Crippen LogP contribution < -0.4 is 0 Å². The van der Waals surface area contributed by atoms with E-state index < -0.39 is 0 Å². The van der Waals surface area contributed by atoms with Gasteiger partial charge in [0.2, 0.25) is 0 Å². The van der Waals surface area contributed by atoms with Crippen molar-refractivity contribution in [3.63, 3.8) is 0 Å². The quantitative estimate of drug-likeness (QED) is 0.508. The van der Waals surface area contributed by atoms with Crippen molar-refractivity contribution in [3.8, 4) is 0 Å². The van der Waals surface area contributed by atoms with E-state index in [1.54, 1.807) is 0 Å². The van der Waals surface area contributed by atoms with Crippen LogP contribution in [-0.2, 0) is 0 Å². The molecule has 0 bridgehead atoms. The molecule has 0 amide bonds. The highest BCUT2D eigenvalue weighted by molar-refractivity contribution is 6.33. The topological polar surface area (TPSA) is 0 Å². The lowest BCUT2D eigenvalue weighted by molar-refractivity contribution is 0.448. The summed E-state index contributed by atoms with van der Waals surface area (Å²) in [6, 6.07) is 0. The van der Waals surface area contributed by atoms with Crippen LogP contribution in [0.15, 0.2) is 0 Å². The molecule has 0 aliphatic rings. The summed E-state index contributed by atoms with van der Waals surface area (Å²) in [6.45, 7) is 9.27. The van der Waals surface area contributed by atoms with Crippen LogP contribution in [0, 0.1) is 11.8 Å². The lowest BCUT2D eigenvalue weighted by Crippen LogP contribution is -2.01. The molecule has 0 aromatic heterocycles. The first kappa shape index (κ1) is 12.1. The molecule has 1 heteroatoms. The fourth-order valence-corrected chi connectivity index (χ4v) is 1.78. The van der Waals surface area contributed by atoms with Crippen molar-refractivity contribution in [3.05, 3.63) is 0 Å². The molecule has 0 aliphatic heterocycles. The van der Waals surface area contributed by atoms with Gasteiger partial charge in [-0.2, -0.15) is 0 Å². The van der Waals surface area contributed by atoms with Crippen LogP contribution >= 0.6 is 0 Å². The maximum atomic E-state index is 2.33. The second kappa shape index (κ2) is 7.70. The van der Waals surface area contributed by atoms with Crippen LogP contribution in [0.5, 0.6) is 0 Å². The molecule has 0 saturated carbocycles. The van der Waals surface area contributed by atoms with Crippen molar-refractivity contribution in [1.82, 2.24) is 0 Å². The summed E-state index contributed by atoms with van der Waals surface area (Å²) >= 11 is 0. The van der Waals surface area contributed by atoms with Gasteiger partial charge in [-0.15, -0.1) is 0 Å². The third-order valence-electron chi connectivity index (χ3n) is 2.67. The van der Waals surface area contributed by atoms with E-state index in [9.17, 15) is 0 Å². The van der Waals surface area contributed by atoms with E-state index in [2.05, 4.69) is 27.6 Å². The first-order valence-corrected chi connectivity index (χ1v) is 5.70. The van der Waals surface area contributed by atoms with Crippen LogP contribution in [-0.4, -0.2) is 7.28 Å². The minimum Gasteiger partial charge on any atom is -0.0893 e. The van der Waals surface area contributed by atoms with Gasteiger partial charge in [0.1, 0.15) is 7.28 Å². The standard InChI is InChI=1S/C11H25B/c1-5-11(9-12-4)8-6-7-10(2)3/h10-12H,5-9H2,1-4H3. The monoisotopic (exact) mass is 168 g/mol. The zero-order valence-electron chi connectivity index (χ0n) is 9.40. The fraction of sp³-hybridized carbons (Fsp3) is 1.00. The molecule has 0 N–H and O–H groups in total. The number of hydrogen-bond donors (Lipinski definition) is 0. The molecule has 0 rings (SSSR count). The molecule has 0 aliphatic carbocycles. The van der Waals surface area contributed by atoms with Crippen molar-refractivity contribution in [2.24, 2.45) is 11.8 Å². The SMILES string of the molecule is CBCC(CC)CCCC(C)C. The van der Waals surface area contributed by atoms with Gasteiger partial charge in [-0.05, 0) is 11.8 Å². The highest BCUT2D eigenvalue weighted by Crippen LogP contribution is 2.18.